The van der Waals surface area contributed by atoms with E-state index in [1.165, 1.54) is 17.5 Å². The number of ether oxygens (including phenoxy) is 5. The molecular formula is C35H42O7Si. The molecule has 3 aromatic rings. The number of rotatable bonds is 10. The summed E-state index contributed by atoms with van der Waals surface area (Å²) in [6, 6.07) is 30.7. The molecule has 0 radical (unpaired) electrons. The standard InChI is InChI=1S/C35H42O7Si/c1-34(2,3)43(28-17-11-7-12-18-28,29-19-13-8-14-20-29)41-23-26-21-31(40-25-37-4)30-24-39-32(27-15-9-6-10-16-27)42-35(30,22-26)33(36)38-5/h6-21,30-32H,22-25H2,1-5H3/t30-,31+,32-,35+/m1/s1. The van der Waals surface area contributed by atoms with Crippen molar-refractivity contribution in [1.82, 2.24) is 0 Å². The number of carbonyl (C=O) groups excluding carboxylic acids is 1. The van der Waals surface area contributed by atoms with Crippen LogP contribution in [0, 0.1) is 5.92 Å². The van der Waals surface area contributed by atoms with Crippen molar-refractivity contribution in [2.75, 3.05) is 34.2 Å². The number of fused-ring (bicyclic) bond motifs is 1. The average molecular weight is 603 g/mol. The third-order valence-corrected chi connectivity index (χ3v) is 13.5. The molecule has 1 heterocycles. The zero-order chi connectivity index (χ0) is 30.5. The van der Waals surface area contributed by atoms with Crippen molar-refractivity contribution in [2.24, 2.45) is 5.92 Å². The maximum atomic E-state index is 13.7. The Morgan fingerprint density at radius 1 is 0.907 bits per heavy atom. The Bertz CT molecular complexity index is 1330. The number of benzene rings is 3. The number of hydrogen-bond donors (Lipinski definition) is 0. The molecule has 7 nitrogen and oxygen atoms in total. The molecule has 1 aliphatic carbocycles. The zero-order valence-electron chi connectivity index (χ0n) is 25.7. The van der Waals surface area contributed by atoms with Crippen LogP contribution >= 0.6 is 0 Å². The van der Waals surface area contributed by atoms with E-state index in [9.17, 15) is 4.79 Å². The fourth-order valence-corrected chi connectivity index (χ4v) is 11.1. The summed E-state index contributed by atoms with van der Waals surface area (Å²) in [5.74, 6) is -0.893. The highest BCUT2D eigenvalue weighted by Gasteiger charge is 2.58. The van der Waals surface area contributed by atoms with Crippen LogP contribution in [0.5, 0.6) is 0 Å². The summed E-state index contributed by atoms with van der Waals surface area (Å²) >= 11 is 0. The molecule has 1 fully saturated rings. The van der Waals surface area contributed by atoms with Gasteiger partial charge in [0.25, 0.3) is 8.32 Å². The third kappa shape index (κ3) is 6.13. The van der Waals surface area contributed by atoms with Crippen LogP contribution in [-0.2, 0) is 32.9 Å². The molecule has 0 unspecified atom stereocenters. The highest BCUT2D eigenvalue weighted by Crippen LogP contribution is 2.47. The molecule has 0 aromatic heterocycles. The molecule has 0 bridgehead atoms. The quantitative estimate of drug-likeness (QED) is 0.138. The summed E-state index contributed by atoms with van der Waals surface area (Å²) in [5, 5.41) is 2.17. The van der Waals surface area contributed by atoms with Gasteiger partial charge in [0.2, 0.25) is 0 Å². The topological polar surface area (TPSA) is 72.5 Å². The van der Waals surface area contributed by atoms with Crippen LogP contribution in [-0.4, -0.2) is 60.2 Å². The lowest BCUT2D eigenvalue weighted by atomic mass is 9.73. The van der Waals surface area contributed by atoms with Gasteiger partial charge in [-0.05, 0) is 21.0 Å². The van der Waals surface area contributed by atoms with Crippen molar-refractivity contribution in [3.63, 3.8) is 0 Å². The predicted molar refractivity (Wildman–Crippen MR) is 167 cm³/mol. The van der Waals surface area contributed by atoms with Crippen molar-refractivity contribution in [2.45, 2.75) is 50.2 Å². The number of esters is 1. The SMILES string of the molecule is COCO[C@H]1C=C(CO[Si](c2ccccc2)(c2ccccc2)C(C)(C)C)C[C@]2(C(=O)OC)O[C@H](c3ccccc3)OC[C@H]12. The van der Waals surface area contributed by atoms with Crippen molar-refractivity contribution < 1.29 is 32.9 Å². The van der Waals surface area contributed by atoms with Gasteiger partial charge in [-0.2, -0.15) is 0 Å². The Labute approximate surface area is 255 Å². The first kappa shape index (κ1) is 31.3. The summed E-state index contributed by atoms with van der Waals surface area (Å²) in [7, 11) is 0.133. The Kier molecular flexibility index (Phi) is 9.66. The van der Waals surface area contributed by atoms with Crippen LogP contribution < -0.4 is 10.4 Å². The van der Waals surface area contributed by atoms with Gasteiger partial charge in [0.05, 0.1) is 32.3 Å². The van der Waals surface area contributed by atoms with Crippen molar-refractivity contribution in [3.8, 4) is 0 Å². The molecule has 5 rings (SSSR count). The van der Waals surface area contributed by atoms with Gasteiger partial charge in [0.1, 0.15) is 6.79 Å². The minimum absolute atomic E-state index is 0.0554. The number of hydrogen-bond acceptors (Lipinski definition) is 7. The maximum absolute atomic E-state index is 13.7. The first-order valence-corrected chi connectivity index (χ1v) is 16.6. The minimum Gasteiger partial charge on any atom is -0.467 e. The van der Waals surface area contributed by atoms with Gasteiger partial charge in [0, 0.05) is 19.1 Å². The molecule has 3 aromatic carbocycles. The Hall–Kier alpha value is -3.11. The summed E-state index contributed by atoms with van der Waals surface area (Å²) in [5.41, 5.74) is 0.410. The molecule has 228 valence electrons. The molecule has 1 aliphatic heterocycles. The van der Waals surface area contributed by atoms with Crippen LogP contribution in [0.3, 0.4) is 0 Å². The molecule has 4 atom stereocenters. The molecule has 0 spiro atoms. The van der Waals surface area contributed by atoms with E-state index >= 15 is 0 Å². The molecule has 2 aliphatic rings. The summed E-state index contributed by atoms with van der Waals surface area (Å²) in [4.78, 5) is 13.7. The van der Waals surface area contributed by atoms with E-state index in [4.69, 9.17) is 28.1 Å². The molecule has 0 amide bonds. The fraction of sp³-hybridized carbons (Fsp3) is 0.400. The summed E-state index contributed by atoms with van der Waals surface area (Å²) in [6.45, 7) is 7.35. The lowest BCUT2D eigenvalue weighted by molar-refractivity contribution is -0.301. The predicted octanol–water partition coefficient (Wildman–Crippen LogP) is 5.16. The molecule has 0 saturated carbocycles. The van der Waals surface area contributed by atoms with Crippen LogP contribution in [0.2, 0.25) is 5.04 Å². The first-order chi connectivity index (χ1) is 20.7. The normalized spacial score (nSPS) is 24.1. The van der Waals surface area contributed by atoms with E-state index < -0.39 is 38.2 Å². The summed E-state index contributed by atoms with van der Waals surface area (Å²) < 4.78 is 36.9. The van der Waals surface area contributed by atoms with Gasteiger partial charge in [-0.15, -0.1) is 0 Å². The van der Waals surface area contributed by atoms with E-state index in [1.807, 2.05) is 42.5 Å². The second kappa shape index (κ2) is 13.3. The molecule has 1 saturated heterocycles. The largest absolute Gasteiger partial charge is 0.467 e. The van der Waals surface area contributed by atoms with Crippen LogP contribution in [0.25, 0.3) is 0 Å². The Morgan fingerprint density at radius 2 is 1.49 bits per heavy atom. The lowest BCUT2D eigenvalue weighted by Crippen LogP contribution is -2.67. The minimum atomic E-state index is -2.84. The molecular weight excluding hydrogens is 560 g/mol. The third-order valence-electron chi connectivity index (χ3n) is 8.50. The number of carbonyl (C=O) groups is 1. The van der Waals surface area contributed by atoms with Crippen LogP contribution in [0.15, 0.2) is 103 Å². The van der Waals surface area contributed by atoms with Crippen molar-refractivity contribution in [1.29, 1.82) is 0 Å². The van der Waals surface area contributed by atoms with Gasteiger partial charge in [-0.25, -0.2) is 4.79 Å². The van der Waals surface area contributed by atoms with E-state index in [0.717, 1.165) is 11.1 Å². The van der Waals surface area contributed by atoms with Gasteiger partial charge in [-0.3, -0.25) is 0 Å². The highest BCUT2D eigenvalue weighted by molar-refractivity contribution is 6.99. The van der Waals surface area contributed by atoms with Gasteiger partial charge in [-0.1, -0.05) is 118 Å². The number of methoxy groups -OCH3 is 2. The van der Waals surface area contributed by atoms with E-state index in [2.05, 4.69) is 75.4 Å². The fourth-order valence-electron chi connectivity index (χ4n) is 6.51. The smallest absolute Gasteiger partial charge is 0.339 e. The molecule has 43 heavy (non-hydrogen) atoms. The first-order valence-electron chi connectivity index (χ1n) is 14.7. The van der Waals surface area contributed by atoms with Gasteiger partial charge >= 0.3 is 5.97 Å². The van der Waals surface area contributed by atoms with Crippen molar-refractivity contribution in [3.05, 3.63) is 108 Å². The second-order valence-corrected chi connectivity index (χ2v) is 16.5. The monoisotopic (exact) mass is 602 g/mol. The molecule has 8 heteroatoms. The van der Waals surface area contributed by atoms with E-state index in [1.54, 1.807) is 7.11 Å². The van der Waals surface area contributed by atoms with Gasteiger partial charge < -0.3 is 28.1 Å². The highest BCUT2D eigenvalue weighted by atomic mass is 28.4. The maximum Gasteiger partial charge on any atom is 0.339 e. The van der Waals surface area contributed by atoms with E-state index in [0.29, 0.717) is 13.0 Å². The summed E-state index contributed by atoms with van der Waals surface area (Å²) in [6.07, 6.45) is 1.11. The zero-order valence-corrected chi connectivity index (χ0v) is 26.7. The lowest BCUT2D eigenvalue weighted by Gasteiger charge is -2.49. The van der Waals surface area contributed by atoms with E-state index in [-0.39, 0.29) is 18.4 Å². The second-order valence-electron chi connectivity index (χ2n) is 12.2. The average Bonchev–Trinajstić information content (AvgIpc) is 3.04. The Balaban J connectivity index is 1.55. The van der Waals surface area contributed by atoms with Gasteiger partial charge in [0.15, 0.2) is 11.9 Å². The van der Waals surface area contributed by atoms with Crippen LogP contribution in [0.4, 0.5) is 0 Å². The van der Waals surface area contributed by atoms with Crippen LogP contribution in [0.1, 0.15) is 39.0 Å². The Morgan fingerprint density at radius 3 is 2.02 bits per heavy atom. The van der Waals surface area contributed by atoms with Crippen molar-refractivity contribution >= 4 is 24.7 Å². The molecule has 0 N–H and O–H groups in total.